The molecule has 0 bridgehead atoms. The van der Waals surface area contributed by atoms with Crippen LogP contribution in [-0.2, 0) is 22.3 Å². The summed E-state index contributed by atoms with van der Waals surface area (Å²) in [6.45, 7) is 5.67. The largest absolute Gasteiger partial charge is 0.416 e. The number of aromatic amines is 1. The number of halogens is 3. The molecule has 4 rings (SSSR count). The van der Waals surface area contributed by atoms with Crippen LogP contribution in [0.15, 0.2) is 24.5 Å². The Bertz CT molecular complexity index is 1010. The van der Waals surface area contributed by atoms with Crippen molar-refractivity contribution in [3.05, 3.63) is 35.7 Å². The van der Waals surface area contributed by atoms with E-state index in [0.29, 0.717) is 17.6 Å². The molecule has 1 aliphatic carbocycles. The number of alkyl halides is 3. The van der Waals surface area contributed by atoms with Gasteiger partial charge in [-0.05, 0) is 68.8 Å². The number of carbonyl (C=O) groups is 1. The zero-order chi connectivity index (χ0) is 25.2. The molecule has 0 unspecified atom stereocenters. The number of ether oxygens (including phenoxy) is 1. The number of rotatable bonds is 7. The zero-order valence-electron chi connectivity index (χ0n) is 20.5. The second kappa shape index (κ2) is 10.3. The summed E-state index contributed by atoms with van der Waals surface area (Å²) >= 11 is 0. The Kier molecular flexibility index (Phi) is 7.51. The van der Waals surface area contributed by atoms with Gasteiger partial charge >= 0.3 is 6.18 Å². The fraction of sp³-hybridized carbons (Fsp3) is 0.640. The third-order valence-electron chi connectivity index (χ3n) is 7.89. The molecule has 2 aromatic rings. The van der Waals surface area contributed by atoms with E-state index < -0.39 is 17.2 Å². The highest BCUT2D eigenvalue weighted by atomic mass is 19.4. The van der Waals surface area contributed by atoms with Crippen molar-refractivity contribution in [1.29, 1.82) is 0 Å². The Morgan fingerprint density at radius 1 is 1.23 bits per heavy atom. The van der Waals surface area contributed by atoms with Gasteiger partial charge in [0.05, 0.1) is 11.0 Å². The lowest BCUT2D eigenvalue weighted by Gasteiger charge is -2.37. The number of H-pyrrole nitrogens is 1. The van der Waals surface area contributed by atoms with E-state index in [1.807, 2.05) is 0 Å². The first-order valence-electron chi connectivity index (χ1n) is 12.2. The minimum atomic E-state index is -4.51. The Balaban J connectivity index is 1.49. The van der Waals surface area contributed by atoms with E-state index >= 15 is 0 Å². The normalized spacial score (nSPS) is 23.8. The van der Waals surface area contributed by atoms with Crippen LogP contribution in [0.3, 0.4) is 0 Å². The second-order valence-electron chi connectivity index (χ2n) is 10.1. The van der Waals surface area contributed by atoms with Gasteiger partial charge in [-0.2, -0.15) is 18.3 Å². The van der Waals surface area contributed by atoms with Gasteiger partial charge in [0.1, 0.15) is 6.33 Å². The lowest BCUT2D eigenvalue weighted by atomic mass is 9.74. The highest BCUT2D eigenvalue weighted by Crippen LogP contribution is 2.46. The summed E-state index contributed by atoms with van der Waals surface area (Å²) in [6.07, 6.45) is 1.17. The number of nitrogens with one attached hydrogen (secondary N) is 2. The maximum atomic E-state index is 13.5. The van der Waals surface area contributed by atoms with E-state index in [4.69, 9.17) is 4.74 Å². The van der Waals surface area contributed by atoms with Crippen LogP contribution in [0.1, 0.15) is 57.1 Å². The third-order valence-corrected chi connectivity index (χ3v) is 7.89. The van der Waals surface area contributed by atoms with Crippen molar-refractivity contribution >= 4 is 5.91 Å². The average Bonchev–Trinajstić information content (AvgIpc) is 3.53. The first kappa shape index (κ1) is 25.6. The molecule has 0 radical (unpaired) electrons. The first-order valence-corrected chi connectivity index (χ1v) is 12.2. The quantitative estimate of drug-likeness (QED) is 0.597. The molecule has 0 spiro atoms. The van der Waals surface area contributed by atoms with Gasteiger partial charge < -0.3 is 15.0 Å². The molecule has 2 aliphatic rings. The highest BCUT2D eigenvalue weighted by Gasteiger charge is 2.49. The Morgan fingerprint density at radius 2 is 1.97 bits per heavy atom. The smallest absolute Gasteiger partial charge is 0.381 e. The van der Waals surface area contributed by atoms with Crippen molar-refractivity contribution in [1.82, 2.24) is 25.4 Å². The SMILES string of the molecule is CC(C)[C@]1(C(=O)NCc2cc(-c3ncn[nH]3)cc(C(F)(F)F)c2)CC[C@@H](N(C)C2CCOCC2)C1. The summed E-state index contributed by atoms with van der Waals surface area (Å²) in [5.41, 5.74) is -0.681. The molecule has 2 N–H and O–H groups in total. The predicted octanol–water partition coefficient (Wildman–Crippen LogP) is 4.41. The van der Waals surface area contributed by atoms with Crippen molar-refractivity contribution in [3.63, 3.8) is 0 Å². The van der Waals surface area contributed by atoms with Crippen molar-refractivity contribution in [2.75, 3.05) is 20.3 Å². The van der Waals surface area contributed by atoms with Gasteiger partial charge in [0.15, 0.2) is 5.82 Å². The molecular formula is C25H34F3N5O2. The Labute approximate surface area is 203 Å². The number of hydrogen-bond donors (Lipinski definition) is 2. The number of benzene rings is 1. The Hall–Kier alpha value is -2.46. The van der Waals surface area contributed by atoms with Crippen LogP contribution < -0.4 is 5.32 Å². The molecular weight excluding hydrogens is 459 g/mol. The highest BCUT2D eigenvalue weighted by molar-refractivity contribution is 5.83. The molecule has 2 atom stereocenters. The zero-order valence-corrected chi connectivity index (χ0v) is 20.5. The topological polar surface area (TPSA) is 83.1 Å². The van der Waals surface area contributed by atoms with Crippen molar-refractivity contribution in [3.8, 4) is 11.4 Å². The van der Waals surface area contributed by atoms with Gasteiger partial charge in [-0.15, -0.1) is 0 Å². The lowest BCUT2D eigenvalue weighted by Crippen LogP contribution is -2.46. The molecule has 1 saturated carbocycles. The Morgan fingerprint density at radius 3 is 2.60 bits per heavy atom. The summed E-state index contributed by atoms with van der Waals surface area (Å²) in [6, 6.07) is 4.49. The van der Waals surface area contributed by atoms with E-state index in [-0.39, 0.29) is 29.8 Å². The van der Waals surface area contributed by atoms with E-state index in [1.54, 1.807) is 6.07 Å². The van der Waals surface area contributed by atoms with Crippen molar-refractivity contribution < 1.29 is 22.7 Å². The van der Waals surface area contributed by atoms with E-state index in [9.17, 15) is 18.0 Å². The monoisotopic (exact) mass is 493 g/mol. The molecule has 1 amide bonds. The summed E-state index contributed by atoms with van der Waals surface area (Å²) in [5.74, 6) is 0.271. The molecule has 1 aliphatic heterocycles. The van der Waals surface area contributed by atoms with Crippen molar-refractivity contribution in [2.24, 2.45) is 11.3 Å². The van der Waals surface area contributed by atoms with Gasteiger partial charge in [-0.1, -0.05) is 13.8 Å². The van der Waals surface area contributed by atoms with Gasteiger partial charge in [0.25, 0.3) is 0 Å². The molecule has 35 heavy (non-hydrogen) atoms. The molecule has 1 aromatic heterocycles. The molecule has 10 heteroatoms. The first-order chi connectivity index (χ1) is 16.6. The molecule has 7 nitrogen and oxygen atoms in total. The lowest BCUT2D eigenvalue weighted by molar-refractivity contribution is -0.137. The van der Waals surface area contributed by atoms with Crippen LogP contribution >= 0.6 is 0 Å². The third kappa shape index (κ3) is 5.53. The summed E-state index contributed by atoms with van der Waals surface area (Å²) in [7, 11) is 2.14. The van der Waals surface area contributed by atoms with Crippen LogP contribution in [0, 0.1) is 11.3 Å². The van der Waals surface area contributed by atoms with Crippen LogP contribution in [0.2, 0.25) is 0 Å². The minimum absolute atomic E-state index is 0.0127. The standard InChI is InChI=1S/C25H34F3N5O2/c1-16(2)24(7-4-21(13-24)33(3)20-5-8-35-9-6-20)23(34)29-14-17-10-18(22-30-15-31-32-22)12-19(11-17)25(26,27)28/h10-12,15-16,20-21H,4-9,13-14H2,1-3H3,(H,29,34)(H,30,31,32)/t21-,24+/m1/s1. The number of carbonyl (C=O) groups excluding carboxylic acids is 1. The number of aromatic nitrogens is 3. The number of hydrogen-bond acceptors (Lipinski definition) is 5. The number of nitrogens with zero attached hydrogens (tertiary/aromatic N) is 3. The fourth-order valence-electron chi connectivity index (χ4n) is 5.58. The van der Waals surface area contributed by atoms with Gasteiger partial charge in [-0.25, -0.2) is 4.98 Å². The van der Waals surface area contributed by atoms with Crippen LogP contribution in [0.4, 0.5) is 13.2 Å². The molecule has 1 saturated heterocycles. The summed E-state index contributed by atoms with van der Waals surface area (Å²) < 4.78 is 46.1. The fourth-order valence-corrected chi connectivity index (χ4v) is 5.58. The number of amides is 1. The van der Waals surface area contributed by atoms with E-state index in [1.165, 1.54) is 6.33 Å². The predicted molar refractivity (Wildman–Crippen MR) is 125 cm³/mol. The van der Waals surface area contributed by atoms with Crippen molar-refractivity contribution in [2.45, 2.75) is 70.8 Å². The maximum Gasteiger partial charge on any atom is 0.416 e. The van der Waals surface area contributed by atoms with Gasteiger partial charge in [0.2, 0.25) is 5.91 Å². The van der Waals surface area contributed by atoms with Crippen LogP contribution in [0.25, 0.3) is 11.4 Å². The van der Waals surface area contributed by atoms with Crippen LogP contribution in [-0.4, -0.2) is 58.3 Å². The summed E-state index contributed by atoms with van der Waals surface area (Å²) in [4.78, 5) is 19.9. The van der Waals surface area contributed by atoms with E-state index in [0.717, 1.165) is 57.5 Å². The molecule has 192 valence electrons. The second-order valence-corrected chi connectivity index (χ2v) is 10.1. The van der Waals surface area contributed by atoms with Gasteiger partial charge in [0, 0.05) is 37.4 Å². The summed E-state index contributed by atoms with van der Waals surface area (Å²) in [5, 5.41) is 9.30. The molecule has 2 fully saturated rings. The molecule has 2 heterocycles. The van der Waals surface area contributed by atoms with E-state index in [2.05, 4.69) is 46.3 Å². The molecule has 1 aromatic carbocycles. The average molecular weight is 494 g/mol. The van der Waals surface area contributed by atoms with Crippen LogP contribution in [0.5, 0.6) is 0 Å². The maximum absolute atomic E-state index is 13.5. The van der Waals surface area contributed by atoms with Gasteiger partial charge in [-0.3, -0.25) is 9.89 Å². The minimum Gasteiger partial charge on any atom is -0.381 e.